The van der Waals surface area contributed by atoms with Gasteiger partial charge in [0.2, 0.25) is 0 Å². The fourth-order valence-corrected chi connectivity index (χ4v) is 1.64. The summed E-state index contributed by atoms with van der Waals surface area (Å²) in [6, 6.07) is 8.02. The van der Waals surface area contributed by atoms with Crippen molar-refractivity contribution in [2.24, 2.45) is 0 Å². The van der Waals surface area contributed by atoms with Crippen LogP contribution in [0.2, 0.25) is 0 Å². The fourth-order valence-electron chi connectivity index (χ4n) is 1.64. The zero-order valence-corrected chi connectivity index (χ0v) is 10.6. The predicted molar refractivity (Wildman–Crippen MR) is 71.7 cm³/mol. The molecule has 6 heteroatoms. The van der Waals surface area contributed by atoms with Crippen LogP contribution in [0.15, 0.2) is 36.4 Å². The highest BCUT2D eigenvalue weighted by Gasteiger charge is 2.16. The van der Waals surface area contributed by atoms with E-state index in [2.05, 4.69) is 5.32 Å². The van der Waals surface area contributed by atoms with Crippen LogP contribution in [0.5, 0.6) is 5.75 Å². The molecular weight excluding hydrogens is 266 g/mol. The number of nitrogen functional groups attached to an aromatic ring is 1. The second kappa shape index (κ2) is 5.56. The fraction of sp³-hybridized carbons (Fsp3) is 0.0714. The molecule has 0 aromatic heterocycles. The van der Waals surface area contributed by atoms with Gasteiger partial charge in [-0.25, -0.2) is 8.78 Å². The maximum atomic E-state index is 13.5. The Morgan fingerprint density at radius 2 is 2.00 bits per heavy atom. The average Bonchev–Trinajstić information content (AvgIpc) is 2.44. The standard InChI is InChI=1S/C14H12F2N2O2/c1-20-8-5-6-11(17)12(7-8)18-14(19)9-3-2-4-10(15)13(9)16/h2-7H,17H2,1H3,(H,18,19). The number of carbonyl (C=O) groups is 1. The highest BCUT2D eigenvalue weighted by atomic mass is 19.2. The number of methoxy groups -OCH3 is 1. The molecule has 104 valence electrons. The van der Waals surface area contributed by atoms with Crippen molar-refractivity contribution in [2.75, 3.05) is 18.2 Å². The van der Waals surface area contributed by atoms with E-state index in [4.69, 9.17) is 10.5 Å². The second-order valence-electron chi connectivity index (χ2n) is 4.01. The Bertz CT molecular complexity index is 660. The van der Waals surface area contributed by atoms with Crippen molar-refractivity contribution in [1.82, 2.24) is 0 Å². The van der Waals surface area contributed by atoms with Gasteiger partial charge in [-0.05, 0) is 24.3 Å². The van der Waals surface area contributed by atoms with E-state index >= 15 is 0 Å². The van der Waals surface area contributed by atoms with Crippen molar-refractivity contribution in [1.29, 1.82) is 0 Å². The number of carbonyl (C=O) groups excluding carboxylic acids is 1. The average molecular weight is 278 g/mol. The van der Waals surface area contributed by atoms with Crippen molar-refractivity contribution in [3.05, 3.63) is 53.6 Å². The molecule has 2 aromatic rings. The van der Waals surface area contributed by atoms with Crippen molar-refractivity contribution < 1.29 is 18.3 Å². The lowest BCUT2D eigenvalue weighted by Gasteiger charge is -2.10. The number of hydrogen-bond donors (Lipinski definition) is 2. The number of ether oxygens (including phenoxy) is 1. The van der Waals surface area contributed by atoms with Gasteiger partial charge in [-0.15, -0.1) is 0 Å². The van der Waals surface area contributed by atoms with E-state index in [1.807, 2.05) is 0 Å². The van der Waals surface area contributed by atoms with Gasteiger partial charge >= 0.3 is 0 Å². The van der Waals surface area contributed by atoms with Gasteiger partial charge in [0.25, 0.3) is 5.91 Å². The van der Waals surface area contributed by atoms with Gasteiger partial charge in [0.05, 0.1) is 24.0 Å². The summed E-state index contributed by atoms with van der Waals surface area (Å²) in [5.74, 6) is -2.60. The largest absolute Gasteiger partial charge is 0.497 e. The van der Waals surface area contributed by atoms with Crippen LogP contribution in [-0.4, -0.2) is 13.0 Å². The number of amides is 1. The minimum absolute atomic E-state index is 0.262. The first kappa shape index (κ1) is 13.8. The van der Waals surface area contributed by atoms with Gasteiger partial charge in [-0.1, -0.05) is 6.07 Å². The monoisotopic (exact) mass is 278 g/mol. The molecule has 0 saturated carbocycles. The third-order valence-electron chi connectivity index (χ3n) is 2.70. The van der Waals surface area contributed by atoms with Crippen LogP contribution < -0.4 is 15.8 Å². The van der Waals surface area contributed by atoms with Crippen molar-refractivity contribution in [2.45, 2.75) is 0 Å². The highest BCUT2D eigenvalue weighted by molar-refractivity contribution is 6.06. The van der Waals surface area contributed by atoms with E-state index in [1.165, 1.54) is 31.4 Å². The molecule has 2 aromatic carbocycles. The van der Waals surface area contributed by atoms with Gasteiger partial charge in [0.15, 0.2) is 11.6 Å². The number of anilines is 2. The molecule has 0 atom stereocenters. The van der Waals surface area contributed by atoms with Gasteiger partial charge in [-0.2, -0.15) is 0 Å². The molecule has 20 heavy (non-hydrogen) atoms. The molecule has 3 N–H and O–H groups in total. The van der Waals surface area contributed by atoms with E-state index in [9.17, 15) is 13.6 Å². The Hall–Kier alpha value is -2.63. The molecule has 2 rings (SSSR count). The number of nitrogens with one attached hydrogen (secondary N) is 1. The smallest absolute Gasteiger partial charge is 0.258 e. The van der Waals surface area contributed by atoms with Gasteiger partial charge in [-0.3, -0.25) is 4.79 Å². The lowest BCUT2D eigenvalue weighted by molar-refractivity contribution is 0.102. The minimum Gasteiger partial charge on any atom is -0.497 e. The molecule has 4 nitrogen and oxygen atoms in total. The molecule has 0 fully saturated rings. The number of nitrogens with two attached hydrogens (primary N) is 1. The highest BCUT2D eigenvalue weighted by Crippen LogP contribution is 2.25. The molecule has 0 spiro atoms. The summed E-state index contributed by atoms with van der Waals surface area (Å²) in [4.78, 5) is 11.9. The van der Waals surface area contributed by atoms with E-state index < -0.39 is 23.1 Å². The Balaban J connectivity index is 2.30. The molecule has 0 unspecified atom stereocenters. The normalized spacial score (nSPS) is 10.2. The molecule has 0 heterocycles. The summed E-state index contributed by atoms with van der Waals surface area (Å²) in [6.45, 7) is 0. The SMILES string of the molecule is COc1ccc(N)c(NC(=O)c2cccc(F)c2F)c1. The zero-order valence-electron chi connectivity index (χ0n) is 10.6. The molecule has 0 aliphatic rings. The van der Waals surface area contributed by atoms with Crippen LogP contribution in [-0.2, 0) is 0 Å². The van der Waals surface area contributed by atoms with Gasteiger partial charge < -0.3 is 15.8 Å². The summed E-state index contributed by atoms with van der Waals surface area (Å²) < 4.78 is 31.6. The second-order valence-corrected chi connectivity index (χ2v) is 4.01. The summed E-state index contributed by atoms with van der Waals surface area (Å²) in [5, 5.41) is 2.42. The van der Waals surface area contributed by atoms with Crippen molar-refractivity contribution in [3.8, 4) is 5.75 Å². The topological polar surface area (TPSA) is 64.3 Å². The summed E-state index contributed by atoms with van der Waals surface area (Å²) in [5.41, 5.74) is 5.85. The Labute approximate surface area is 114 Å². The molecule has 1 amide bonds. The first-order valence-corrected chi connectivity index (χ1v) is 5.72. The third-order valence-corrected chi connectivity index (χ3v) is 2.70. The minimum atomic E-state index is -1.20. The van der Waals surface area contributed by atoms with Gasteiger partial charge in [0.1, 0.15) is 5.75 Å². The van der Waals surface area contributed by atoms with Crippen LogP contribution >= 0.6 is 0 Å². The van der Waals surface area contributed by atoms with Gasteiger partial charge in [0, 0.05) is 6.07 Å². The molecule has 0 saturated heterocycles. The van der Waals surface area contributed by atoms with E-state index in [-0.39, 0.29) is 11.4 Å². The molecule has 0 radical (unpaired) electrons. The van der Waals surface area contributed by atoms with E-state index in [1.54, 1.807) is 6.07 Å². The maximum Gasteiger partial charge on any atom is 0.258 e. The molecule has 0 aliphatic heterocycles. The lowest BCUT2D eigenvalue weighted by atomic mass is 10.1. The number of hydrogen-bond acceptors (Lipinski definition) is 3. The van der Waals surface area contributed by atoms with Crippen molar-refractivity contribution >= 4 is 17.3 Å². The van der Waals surface area contributed by atoms with Crippen LogP contribution in [0.1, 0.15) is 10.4 Å². The predicted octanol–water partition coefficient (Wildman–Crippen LogP) is 2.81. The summed E-state index contributed by atoms with van der Waals surface area (Å²) in [6.07, 6.45) is 0. The van der Waals surface area contributed by atoms with E-state index in [0.29, 0.717) is 5.75 Å². The van der Waals surface area contributed by atoms with E-state index in [0.717, 1.165) is 6.07 Å². The molecule has 0 bridgehead atoms. The molecular formula is C14H12F2N2O2. The quantitative estimate of drug-likeness (QED) is 0.848. The maximum absolute atomic E-state index is 13.5. The Kier molecular flexibility index (Phi) is 3.84. The van der Waals surface area contributed by atoms with Crippen LogP contribution in [0.4, 0.5) is 20.2 Å². The summed E-state index contributed by atoms with van der Waals surface area (Å²) >= 11 is 0. The van der Waals surface area contributed by atoms with Crippen molar-refractivity contribution in [3.63, 3.8) is 0 Å². The number of benzene rings is 2. The molecule has 0 aliphatic carbocycles. The zero-order chi connectivity index (χ0) is 14.7. The first-order valence-electron chi connectivity index (χ1n) is 5.72. The third kappa shape index (κ3) is 2.69. The lowest BCUT2D eigenvalue weighted by Crippen LogP contribution is -2.15. The summed E-state index contributed by atoms with van der Waals surface area (Å²) in [7, 11) is 1.46. The number of rotatable bonds is 3. The first-order chi connectivity index (χ1) is 9.52. The van der Waals surface area contributed by atoms with Crippen LogP contribution in [0.3, 0.4) is 0 Å². The Morgan fingerprint density at radius 3 is 2.70 bits per heavy atom. The van der Waals surface area contributed by atoms with Crippen LogP contribution in [0.25, 0.3) is 0 Å². The number of halogens is 2. The van der Waals surface area contributed by atoms with Crippen LogP contribution in [0, 0.1) is 11.6 Å². The Morgan fingerprint density at radius 1 is 1.25 bits per heavy atom.